The lowest BCUT2D eigenvalue weighted by molar-refractivity contribution is 0.0273. The van der Waals surface area contributed by atoms with E-state index in [1.807, 2.05) is 0 Å². The van der Waals surface area contributed by atoms with Crippen LogP contribution in [0.1, 0.15) is 23.6 Å². The molecule has 0 aromatic heterocycles. The van der Waals surface area contributed by atoms with Gasteiger partial charge in [-0.15, -0.1) is 0 Å². The van der Waals surface area contributed by atoms with E-state index in [2.05, 4.69) is 29.6 Å². The maximum Gasteiger partial charge on any atom is 0.0928 e. The predicted molar refractivity (Wildman–Crippen MR) is 68.2 cm³/mol. The van der Waals surface area contributed by atoms with E-state index in [1.165, 1.54) is 24.0 Å². The number of ether oxygens (including phenoxy) is 2. The van der Waals surface area contributed by atoms with Crippen LogP contribution in [-0.2, 0) is 15.9 Å². The fraction of sp³-hybridized carbons (Fsp3) is 0.571. The molecule has 1 aliphatic rings. The number of nitrogens with one attached hydrogen (secondary N) is 1. The van der Waals surface area contributed by atoms with Crippen LogP contribution in [0, 0.1) is 0 Å². The van der Waals surface area contributed by atoms with Crippen molar-refractivity contribution >= 4 is 0 Å². The lowest BCUT2D eigenvalue weighted by Crippen LogP contribution is -2.33. The molecule has 0 saturated carbocycles. The smallest absolute Gasteiger partial charge is 0.0928 e. The number of hydrogen-bond donors (Lipinski definition) is 1. The third kappa shape index (κ3) is 3.06. The van der Waals surface area contributed by atoms with Crippen LogP contribution in [0.4, 0.5) is 0 Å². The van der Waals surface area contributed by atoms with Crippen LogP contribution in [0.25, 0.3) is 0 Å². The number of benzene rings is 1. The molecule has 0 bridgehead atoms. The second-order valence-electron chi connectivity index (χ2n) is 4.51. The zero-order chi connectivity index (χ0) is 12.1. The minimum atomic E-state index is 0.132. The van der Waals surface area contributed by atoms with Gasteiger partial charge in [-0.1, -0.05) is 24.3 Å². The van der Waals surface area contributed by atoms with Gasteiger partial charge in [-0.3, -0.25) is 0 Å². The van der Waals surface area contributed by atoms with Crippen LogP contribution in [-0.4, -0.2) is 33.5 Å². The molecule has 0 saturated heterocycles. The SMILES string of the molecule is COCC(CNC1CCc2ccccc21)OC. The Kier molecular flexibility index (Phi) is 4.54. The van der Waals surface area contributed by atoms with Crippen LogP contribution in [0.15, 0.2) is 24.3 Å². The molecule has 2 atom stereocenters. The molecule has 0 radical (unpaired) electrons. The quantitative estimate of drug-likeness (QED) is 0.817. The Morgan fingerprint density at radius 2 is 2.18 bits per heavy atom. The molecule has 2 unspecified atom stereocenters. The molecular weight excluding hydrogens is 214 g/mol. The van der Waals surface area contributed by atoms with E-state index in [1.54, 1.807) is 14.2 Å². The minimum Gasteiger partial charge on any atom is -0.382 e. The Balaban J connectivity index is 1.89. The molecule has 3 heteroatoms. The van der Waals surface area contributed by atoms with Gasteiger partial charge in [0.2, 0.25) is 0 Å². The average molecular weight is 235 g/mol. The van der Waals surface area contributed by atoms with E-state index < -0.39 is 0 Å². The Bertz CT molecular complexity index is 354. The highest BCUT2D eigenvalue weighted by Crippen LogP contribution is 2.30. The van der Waals surface area contributed by atoms with Crippen molar-refractivity contribution in [3.8, 4) is 0 Å². The summed E-state index contributed by atoms with van der Waals surface area (Å²) in [6, 6.07) is 9.14. The van der Waals surface area contributed by atoms with Crippen LogP contribution >= 0.6 is 0 Å². The van der Waals surface area contributed by atoms with E-state index in [0.717, 1.165) is 6.54 Å². The summed E-state index contributed by atoms with van der Waals surface area (Å²) in [7, 11) is 3.44. The van der Waals surface area contributed by atoms with E-state index in [0.29, 0.717) is 12.6 Å². The van der Waals surface area contributed by atoms with Gasteiger partial charge in [0.15, 0.2) is 0 Å². The molecule has 0 spiro atoms. The van der Waals surface area contributed by atoms with Crippen molar-refractivity contribution in [2.75, 3.05) is 27.4 Å². The van der Waals surface area contributed by atoms with Crippen LogP contribution in [0.3, 0.4) is 0 Å². The van der Waals surface area contributed by atoms with Crippen molar-refractivity contribution in [1.29, 1.82) is 0 Å². The Morgan fingerprint density at radius 3 is 2.94 bits per heavy atom. The summed E-state index contributed by atoms with van der Waals surface area (Å²) in [5.41, 5.74) is 2.92. The molecule has 94 valence electrons. The first kappa shape index (κ1) is 12.6. The van der Waals surface area contributed by atoms with Crippen molar-refractivity contribution in [2.45, 2.75) is 25.0 Å². The van der Waals surface area contributed by atoms with Gasteiger partial charge >= 0.3 is 0 Å². The Hall–Kier alpha value is -0.900. The fourth-order valence-corrected chi connectivity index (χ4v) is 2.44. The largest absolute Gasteiger partial charge is 0.382 e. The first-order chi connectivity index (χ1) is 8.35. The fourth-order valence-electron chi connectivity index (χ4n) is 2.44. The van der Waals surface area contributed by atoms with Crippen molar-refractivity contribution in [2.24, 2.45) is 0 Å². The molecule has 0 heterocycles. The van der Waals surface area contributed by atoms with Crippen LogP contribution in [0.5, 0.6) is 0 Å². The molecule has 1 aliphatic carbocycles. The molecule has 17 heavy (non-hydrogen) atoms. The second kappa shape index (κ2) is 6.15. The van der Waals surface area contributed by atoms with Crippen molar-refractivity contribution in [3.63, 3.8) is 0 Å². The third-order valence-corrected chi connectivity index (χ3v) is 3.41. The third-order valence-electron chi connectivity index (χ3n) is 3.41. The van der Waals surface area contributed by atoms with Crippen molar-refractivity contribution in [1.82, 2.24) is 5.32 Å². The first-order valence-electron chi connectivity index (χ1n) is 6.18. The summed E-state index contributed by atoms with van der Waals surface area (Å²) < 4.78 is 10.5. The maximum atomic E-state index is 5.35. The zero-order valence-corrected chi connectivity index (χ0v) is 10.6. The topological polar surface area (TPSA) is 30.5 Å². The molecular formula is C14H21NO2. The van der Waals surface area contributed by atoms with Gasteiger partial charge < -0.3 is 14.8 Å². The van der Waals surface area contributed by atoms with E-state index in [-0.39, 0.29) is 6.10 Å². The number of methoxy groups -OCH3 is 2. The lowest BCUT2D eigenvalue weighted by atomic mass is 10.1. The molecule has 0 aliphatic heterocycles. The monoisotopic (exact) mass is 235 g/mol. The normalized spacial score (nSPS) is 20.2. The summed E-state index contributed by atoms with van der Waals surface area (Å²) in [6.45, 7) is 1.47. The summed E-state index contributed by atoms with van der Waals surface area (Å²) in [5.74, 6) is 0. The van der Waals surface area contributed by atoms with Gasteiger partial charge in [0.25, 0.3) is 0 Å². The molecule has 1 N–H and O–H groups in total. The van der Waals surface area contributed by atoms with Gasteiger partial charge in [0, 0.05) is 26.8 Å². The number of aryl methyl sites for hydroxylation is 1. The summed E-state index contributed by atoms with van der Waals surface area (Å²) in [6.07, 6.45) is 2.49. The van der Waals surface area contributed by atoms with Gasteiger partial charge in [-0.05, 0) is 24.0 Å². The van der Waals surface area contributed by atoms with Gasteiger partial charge in [-0.2, -0.15) is 0 Å². The van der Waals surface area contributed by atoms with Crippen LogP contribution in [0.2, 0.25) is 0 Å². The highest BCUT2D eigenvalue weighted by Gasteiger charge is 2.22. The van der Waals surface area contributed by atoms with Gasteiger partial charge in [0.1, 0.15) is 0 Å². The molecule has 3 nitrogen and oxygen atoms in total. The first-order valence-corrected chi connectivity index (χ1v) is 6.18. The average Bonchev–Trinajstić information content (AvgIpc) is 2.78. The minimum absolute atomic E-state index is 0.132. The molecule has 1 aromatic rings. The van der Waals surface area contributed by atoms with Gasteiger partial charge in [-0.25, -0.2) is 0 Å². The molecule has 0 fully saturated rings. The summed E-state index contributed by atoms with van der Waals surface area (Å²) in [4.78, 5) is 0. The number of rotatable bonds is 6. The lowest BCUT2D eigenvalue weighted by Gasteiger charge is -2.19. The van der Waals surface area contributed by atoms with E-state index >= 15 is 0 Å². The zero-order valence-electron chi connectivity index (χ0n) is 10.6. The van der Waals surface area contributed by atoms with Gasteiger partial charge in [0.05, 0.1) is 12.7 Å². The number of fused-ring (bicyclic) bond motifs is 1. The predicted octanol–water partition coefficient (Wildman–Crippen LogP) is 1.92. The summed E-state index contributed by atoms with van der Waals surface area (Å²) >= 11 is 0. The molecule has 2 rings (SSSR count). The highest BCUT2D eigenvalue weighted by atomic mass is 16.5. The van der Waals surface area contributed by atoms with E-state index in [9.17, 15) is 0 Å². The van der Waals surface area contributed by atoms with E-state index in [4.69, 9.17) is 9.47 Å². The van der Waals surface area contributed by atoms with Crippen LogP contribution < -0.4 is 5.32 Å². The number of hydrogen-bond acceptors (Lipinski definition) is 3. The Labute approximate surface area is 103 Å². The maximum absolute atomic E-state index is 5.35. The molecule has 1 aromatic carbocycles. The standard InChI is InChI=1S/C14H21NO2/c1-16-10-12(17-2)9-15-14-8-7-11-5-3-4-6-13(11)14/h3-6,12,14-15H,7-10H2,1-2H3. The highest BCUT2D eigenvalue weighted by molar-refractivity contribution is 5.34. The van der Waals surface area contributed by atoms with Crippen molar-refractivity contribution < 1.29 is 9.47 Å². The summed E-state index contributed by atoms with van der Waals surface area (Å²) in [5, 5.41) is 3.57. The second-order valence-corrected chi connectivity index (χ2v) is 4.51. The Morgan fingerprint density at radius 1 is 1.35 bits per heavy atom. The van der Waals surface area contributed by atoms with Crippen molar-refractivity contribution in [3.05, 3.63) is 35.4 Å². The molecule has 0 amide bonds.